The van der Waals surface area contributed by atoms with Crippen molar-refractivity contribution in [3.63, 3.8) is 0 Å². The van der Waals surface area contributed by atoms with Crippen LogP contribution in [0.5, 0.6) is 0 Å². The Morgan fingerprint density at radius 2 is 1.52 bits per heavy atom. The van der Waals surface area contributed by atoms with Crippen LogP contribution in [0.4, 0.5) is 0 Å². The number of sulfonamides is 1. The molecule has 5 heteroatoms. The summed E-state index contributed by atoms with van der Waals surface area (Å²) in [5.74, 6) is 0.610. The van der Waals surface area contributed by atoms with E-state index in [4.69, 9.17) is 4.42 Å². The number of rotatable bonds is 8. The van der Waals surface area contributed by atoms with Crippen molar-refractivity contribution in [2.24, 2.45) is 0 Å². The molecule has 0 aliphatic rings. The van der Waals surface area contributed by atoms with Crippen LogP contribution in [0.3, 0.4) is 0 Å². The Kier molecular flexibility index (Phi) is 6.73. The normalized spacial score (nSPS) is 13.2. The van der Waals surface area contributed by atoms with E-state index in [1.165, 1.54) is 0 Å². The molecule has 0 fully saturated rings. The van der Waals surface area contributed by atoms with Gasteiger partial charge in [0.15, 0.2) is 0 Å². The summed E-state index contributed by atoms with van der Waals surface area (Å²) in [6.07, 6.45) is 3.30. The van der Waals surface area contributed by atoms with E-state index in [-0.39, 0.29) is 4.90 Å². The summed E-state index contributed by atoms with van der Waals surface area (Å²) < 4.78 is 35.6. The molecule has 0 radical (unpaired) electrons. The molecule has 1 aromatic heterocycles. The van der Waals surface area contributed by atoms with Gasteiger partial charge in [0, 0.05) is 5.57 Å². The van der Waals surface area contributed by atoms with Crippen LogP contribution in [0.1, 0.15) is 28.5 Å². The van der Waals surface area contributed by atoms with Crippen molar-refractivity contribution in [1.82, 2.24) is 4.72 Å². The first kappa shape index (κ1) is 22.5. The van der Waals surface area contributed by atoms with E-state index in [9.17, 15) is 8.42 Å². The van der Waals surface area contributed by atoms with E-state index >= 15 is 0 Å². The third-order valence-electron chi connectivity index (χ3n) is 5.39. The molecule has 1 N–H and O–H groups in total. The summed E-state index contributed by atoms with van der Waals surface area (Å²) in [4.78, 5) is 0.208. The van der Waals surface area contributed by atoms with E-state index in [2.05, 4.69) is 11.3 Å². The van der Waals surface area contributed by atoms with Gasteiger partial charge in [0.05, 0.1) is 17.2 Å². The molecule has 0 unspecified atom stereocenters. The van der Waals surface area contributed by atoms with E-state index < -0.39 is 16.1 Å². The largest absolute Gasteiger partial charge is 0.464 e. The van der Waals surface area contributed by atoms with Gasteiger partial charge in [-0.05, 0) is 47.9 Å². The molecule has 0 spiro atoms. The number of hydrogen-bond donors (Lipinski definition) is 1. The Morgan fingerprint density at radius 1 is 0.879 bits per heavy atom. The predicted molar refractivity (Wildman–Crippen MR) is 133 cm³/mol. The van der Waals surface area contributed by atoms with Gasteiger partial charge in [0.2, 0.25) is 10.0 Å². The molecule has 4 nitrogen and oxygen atoms in total. The second kappa shape index (κ2) is 9.86. The highest BCUT2D eigenvalue weighted by Gasteiger charge is 2.28. The van der Waals surface area contributed by atoms with Crippen molar-refractivity contribution in [3.05, 3.63) is 138 Å². The molecule has 0 saturated heterocycles. The third kappa shape index (κ3) is 5.06. The molecule has 0 aliphatic heterocycles. The second-order valence-corrected chi connectivity index (χ2v) is 9.37. The average Bonchev–Trinajstić information content (AvgIpc) is 3.37. The Morgan fingerprint density at radius 3 is 2.09 bits per heavy atom. The fourth-order valence-electron chi connectivity index (χ4n) is 3.75. The summed E-state index contributed by atoms with van der Waals surface area (Å²) in [7, 11) is -3.84. The first-order valence-electron chi connectivity index (χ1n) is 10.6. The van der Waals surface area contributed by atoms with E-state index in [0.29, 0.717) is 11.3 Å². The van der Waals surface area contributed by atoms with Gasteiger partial charge in [-0.15, -0.1) is 0 Å². The van der Waals surface area contributed by atoms with Crippen LogP contribution in [-0.4, -0.2) is 8.42 Å². The molecule has 3 aromatic carbocycles. The molecule has 4 rings (SSSR count). The zero-order chi connectivity index (χ0) is 23.3. The molecule has 166 valence electrons. The minimum Gasteiger partial charge on any atom is -0.464 e. The number of nitrogens with one attached hydrogen (secondary N) is 1. The van der Waals surface area contributed by atoms with E-state index in [0.717, 1.165) is 22.3 Å². The SMILES string of the molecule is C=C/C(=C(\c1ccccc1)[C@H](NS(=O)(=O)c1ccc(C)cc1)c1ccccc1)c1ccco1. The molecular formula is C28H25NO3S. The van der Waals surface area contributed by atoms with Gasteiger partial charge in [0.1, 0.15) is 5.76 Å². The molecule has 1 atom stereocenters. The standard InChI is InChI=1S/C28H25NO3S/c1-3-25(26-15-10-20-32-26)27(22-11-6-4-7-12-22)28(23-13-8-5-9-14-23)29-33(30,31)24-18-16-21(2)17-19-24/h3-20,28-29H,1H2,2H3/b27-25-/t28-/m1/s1. The quantitative estimate of drug-likeness (QED) is 0.313. The van der Waals surface area contributed by atoms with Gasteiger partial charge in [-0.2, -0.15) is 4.72 Å². The highest BCUT2D eigenvalue weighted by Crippen LogP contribution is 2.38. The minimum atomic E-state index is -3.84. The smallest absolute Gasteiger partial charge is 0.241 e. The van der Waals surface area contributed by atoms with Crippen LogP contribution in [0, 0.1) is 6.92 Å². The van der Waals surface area contributed by atoms with Gasteiger partial charge in [0.25, 0.3) is 0 Å². The van der Waals surface area contributed by atoms with Crippen LogP contribution < -0.4 is 4.72 Å². The van der Waals surface area contributed by atoms with Crippen LogP contribution in [-0.2, 0) is 10.0 Å². The molecule has 0 bridgehead atoms. The lowest BCUT2D eigenvalue weighted by molar-refractivity contribution is 0.553. The molecule has 33 heavy (non-hydrogen) atoms. The first-order chi connectivity index (χ1) is 16.0. The first-order valence-corrected chi connectivity index (χ1v) is 12.1. The van der Waals surface area contributed by atoms with Gasteiger partial charge in [-0.3, -0.25) is 0 Å². The van der Waals surface area contributed by atoms with Crippen LogP contribution in [0.15, 0.2) is 125 Å². The second-order valence-electron chi connectivity index (χ2n) is 7.65. The van der Waals surface area contributed by atoms with Gasteiger partial charge in [-0.25, -0.2) is 8.42 Å². The van der Waals surface area contributed by atoms with E-state index in [1.807, 2.05) is 73.7 Å². The fourth-order valence-corrected chi connectivity index (χ4v) is 4.94. The summed E-state index contributed by atoms with van der Waals surface area (Å²) in [6, 6.07) is 29.0. The van der Waals surface area contributed by atoms with Crippen molar-refractivity contribution in [1.29, 1.82) is 0 Å². The molecule has 1 heterocycles. The maximum atomic E-state index is 13.5. The zero-order valence-electron chi connectivity index (χ0n) is 18.3. The maximum absolute atomic E-state index is 13.5. The van der Waals surface area contributed by atoms with Gasteiger partial charge in [-0.1, -0.05) is 91.0 Å². The number of furan rings is 1. The van der Waals surface area contributed by atoms with Crippen LogP contribution in [0.25, 0.3) is 11.1 Å². The Balaban J connectivity index is 1.94. The van der Waals surface area contributed by atoms with Crippen molar-refractivity contribution in [2.75, 3.05) is 0 Å². The van der Waals surface area contributed by atoms with E-state index in [1.54, 1.807) is 42.7 Å². The predicted octanol–water partition coefficient (Wildman–Crippen LogP) is 6.40. The van der Waals surface area contributed by atoms with Gasteiger partial charge >= 0.3 is 0 Å². The number of benzene rings is 3. The Labute approximate surface area is 195 Å². The lowest BCUT2D eigenvalue weighted by Crippen LogP contribution is -2.30. The zero-order valence-corrected chi connectivity index (χ0v) is 19.1. The highest BCUT2D eigenvalue weighted by atomic mass is 32.2. The van der Waals surface area contributed by atoms with Crippen molar-refractivity contribution in [3.8, 4) is 0 Å². The number of aryl methyl sites for hydroxylation is 1. The molecule has 4 aromatic rings. The average molecular weight is 456 g/mol. The topological polar surface area (TPSA) is 59.3 Å². The number of allylic oxidation sites excluding steroid dienone is 2. The van der Waals surface area contributed by atoms with Crippen molar-refractivity contribution < 1.29 is 12.8 Å². The van der Waals surface area contributed by atoms with Crippen LogP contribution in [0.2, 0.25) is 0 Å². The molecule has 0 saturated carbocycles. The Bertz CT molecular complexity index is 1340. The highest BCUT2D eigenvalue weighted by molar-refractivity contribution is 7.89. The van der Waals surface area contributed by atoms with Crippen LogP contribution >= 0.6 is 0 Å². The number of hydrogen-bond acceptors (Lipinski definition) is 3. The summed E-state index contributed by atoms with van der Waals surface area (Å²) in [5.41, 5.74) is 4.13. The summed E-state index contributed by atoms with van der Waals surface area (Å²) >= 11 is 0. The Hall–Kier alpha value is -3.67. The fraction of sp³-hybridized carbons (Fsp3) is 0.0714. The monoisotopic (exact) mass is 455 g/mol. The lowest BCUT2D eigenvalue weighted by Gasteiger charge is -2.25. The molecular weight excluding hydrogens is 430 g/mol. The third-order valence-corrected chi connectivity index (χ3v) is 6.83. The summed E-state index contributed by atoms with van der Waals surface area (Å²) in [6.45, 7) is 5.93. The molecule has 0 aliphatic carbocycles. The van der Waals surface area contributed by atoms with Gasteiger partial charge < -0.3 is 4.42 Å². The minimum absolute atomic E-state index is 0.208. The lowest BCUT2D eigenvalue weighted by atomic mass is 9.88. The van der Waals surface area contributed by atoms with Crippen molar-refractivity contribution in [2.45, 2.75) is 17.9 Å². The van der Waals surface area contributed by atoms with Crippen molar-refractivity contribution >= 4 is 21.2 Å². The maximum Gasteiger partial charge on any atom is 0.241 e. The molecule has 0 amide bonds. The summed E-state index contributed by atoms with van der Waals surface area (Å²) in [5, 5.41) is 0.